The molecule has 0 saturated carbocycles. The second kappa shape index (κ2) is 16.4. The average Bonchev–Trinajstić information content (AvgIpc) is 2.81. The Hall–Kier alpha value is -2.20. The van der Waals surface area contributed by atoms with Gasteiger partial charge < -0.3 is 32.5 Å². The molecule has 8 N–H and O–H groups in total. The molecule has 0 bridgehead atoms. The molecule has 0 aromatic heterocycles. The number of amides is 3. The number of aliphatic carboxylic acids is 1. The molecule has 0 aromatic carbocycles. The molecule has 0 rings (SSSR count). The highest BCUT2D eigenvalue weighted by atomic mass is 16.4. The van der Waals surface area contributed by atoms with Crippen molar-refractivity contribution in [3.8, 4) is 0 Å². The van der Waals surface area contributed by atoms with Crippen LogP contribution in [0.15, 0.2) is 0 Å². The molecule has 0 aliphatic heterocycles. The lowest BCUT2D eigenvalue weighted by Gasteiger charge is -2.30. The van der Waals surface area contributed by atoms with Gasteiger partial charge in [0, 0.05) is 0 Å². The lowest BCUT2D eigenvalue weighted by molar-refractivity contribution is -0.144. The number of rotatable bonds is 17. The molecular formula is C24H47N5O5. The van der Waals surface area contributed by atoms with Crippen molar-refractivity contribution in [2.75, 3.05) is 6.54 Å². The number of carbonyl (C=O) groups is 4. The van der Waals surface area contributed by atoms with Crippen molar-refractivity contribution in [1.29, 1.82) is 0 Å². The van der Waals surface area contributed by atoms with Crippen molar-refractivity contribution in [2.24, 2.45) is 29.2 Å². The summed E-state index contributed by atoms with van der Waals surface area (Å²) >= 11 is 0. The van der Waals surface area contributed by atoms with E-state index in [1.54, 1.807) is 6.92 Å². The molecular weight excluding hydrogens is 438 g/mol. The van der Waals surface area contributed by atoms with Gasteiger partial charge in [-0.2, -0.15) is 0 Å². The van der Waals surface area contributed by atoms with E-state index in [4.69, 9.17) is 11.5 Å². The predicted octanol–water partition coefficient (Wildman–Crippen LogP) is 1.12. The van der Waals surface area contributed by atoms with E-state index in [0.717, 1.165) is 6.42 Å². The van der Waals surface area contributed by atoms with E-state index in [0.29, 0.717) is 38.6 Å². The summed E-state index contributed by atoms with van der Waals surface area (Å²) in [6, 6.07) is -3.63. The average molecular weight is 486 g/mol. The Morgan fingerprint density at radius 3 is 1.47 bits per heavy atom. The Balaban J connectivity index is 5.57. The fourth-order valence-corrected chi connectivity index (χ4v) is 3.47. The summed E-state index contributed by atoms with van der Waals surface area (Å²) in [5, 5.41) is 17.6. The van der Waals surface area contributed by atoms with Crippen molar-refractivity contribution in [2.45, 2.75) is 104 Å². The Morgan fingerprint density at radius 1 is 0.706 bits per heavy atom. The number of hydrogen-bond donors (Lipinski definition) is 6. The van der Waals surface area contributed by atoms with Gasteiger partial charge in [0.15, 0.2) is 0 Å². The number of unbranched alkanes of at least 4 members (excludes halogenated alkanes) is 1. The van der Waals surface area contributed by atoms with Crippen LogP contribution in [0.25, 0.3) is 0 Å². The molecule has 0 aliphatic rings. The van der Waals surface area contributed by atoms with Gasteiger partial charge in [0.05, 0.1) is 6.04 Å². The van der Waals surface area contributed by atoms with Crippen LogP contribution in [-0.4, -0.2) is 59.5 Å². The van der Waals surface area contributed by atoms with Gasteiger partial charge in [-0.3, -0.25) is 14.4 Å². The lowest BCUT2D eigenvalue weighted by Crippen LogP contribution is -2.60. The molecule has 10 nitrogen and oxygen atoms in total. The van der Waals surface area contributed by atoms with E-state index in [9.17, 15) is 24.3 Å². The van der Waals surface area contributed by atoms with Crippen molar-refractivity contribution in [3.05, 3.63) is 0 Å². The number of carbonyl (C=O) groups excluding carboxylic acids is 3. The van der Waals surface area contributed by atoms with Gasteiger partial charge >= 0.3 is 5.97 Å². The molecule has 10 heteroatoms. The monoisotopic (exact) mass is 485 g/mol. The molecule has 34 heavy (non-hydrogen) atoms. The van der Waals surface area contributed by atoms with Gasteiger partial charge in [0.1, 0.15) is 18.1 Å². The van der Waals surface area contributed by atoms with Gasteiger partial charge in [0.2, 0.25) is 17.7 Å². The van der Waals surface area contributed by atoms with Gasteiger partial charge in [-0.05, 0) is 37.1 Å². The number of carboxylic acid groups (broad SMARTS) is 1. The number of carboxylic acids is 1. The Kier molecular flexibility index (Phi) is 15.4. The molecule has 3 amide bonds. The first-order valence-corrected chi connectivity index (χ1v) is 12.5. The van der Waals surface area contributed by atoms with E-state index in [1.807, 2.05) is 34.6 Å². The highest BCUT2D eigenvalue weighted by Crippen LogP contribution is 2.14. The third kappa shape index (κ3) is 10.4. The van der Waals surface area contributed by atoms with Crippen LogP contribution in [0.5, 0.6) is 0 Å². The molecule has 198 valence electrons. The molecule has 0 heterocycles. The van der Waals surface area contributed by atoms with Gasteiger partial charge in [0.25, 0.3) is 0 Å². The van der Waals surface area contributed by atoms with Crippen molar-refractivity contribution >= 4 is 23.7 Å². The summed E-state index contributed by atoms with van der Waals surface area (Å²) in [5.74, 6) is -3.32. The minimum absolute atomic E-state index is 0.201. The molecule has 0 aliphatic carbocycles. The molecule has 0 aromatic rings. The van der Waals surface area contributed by atoms with Crippen LogP contribution in [0.4, 0.5) is 0 Å². The van der Waals surface area contributed by atoms with Crippen LogP contribution in [-0.2, 0) is 19.2 Å². The Morgan fingerprint density at radius 2 is 1.09 bits per heavy atom. The molecule has 0 radical (unpaired) electrons. The molecule has 0 saturated heterocycles. The Labute approximate surface area is 204 Å². The quantitative estimate of drug-likeness (QED) is 0.167. The predicted molar refractivity (Wildman–Crippen MR) is 133 cm³/mol. The second-order valence-corrected chi connectivity index (χ2v) is 9.34. The van der Waals surface area contributed by atoms with E-state index < -0.39 is 47.9 Å². The summed E-state index contributed by atoms with van der Waals surface area (Å²) < 4.78 is 0. The lowest BCUT2D eigenvalue weighted by atomic mass is 9.93. The normalized spacial score (nSPS) is 17.4. The zero-order valence-corrected chi connectivity index (χ0v) is 21.7. The molecule has 7 atom stereocenters. The topological polar surface area (TPSA) is 177 Å². The van der Waals surface area contributed by atoms with Crippen LogP contribution in [0.3, 0.4) is 0 Å². The first-order chi connectivity index (χ1) is 15.9. The summed E-state index contributed by atoms with van der Waals surface area (Å²) in [6.07, 6.45) is 3.72. The maximum Gasteiger partial charge on any atom is 0.326 e. The van der Waals surface area contributed by atoms with E-state index in [2.05, 4.69) is 16.0 Å². The van der Waals surface area contributed by atoms with E-state index >= 15 is 0 Å². The van der Waals surface area contributed by atoms with Crippen molar-refractivity contribution < 1.29 is 24.3 Å². The van der Waals surface area contributed by atoms with E-state index in [-0.39, 0.29) is 17.8 Å². The third-order valence-electron chi connectivity index (χ3n) is 6.67. The minimum atomic E-state index is -1.12. The van der Waals surface area contributed by atoms with Gasteiger partial charge in [-0.25, -0.2) is 4.79 Å². The maximum atomic E-state index is 13.2. The van der Waals surface area contributed by atoms with Gasteiger partial charge in [-0.1, -0.05) is 67.2 Å². The second-order valence-electron chi connectivity index (χ2n) is 9.34. The maximum absolute atomic E-state index is 13.2. The fraction of sp³-hybridized carbons (Fsp3) is 0.833. The number of nitrogens with one attached hydrogen (secondary N) is 3. The smallest absolute Gasteiger partial charge is 0.326 e. The minimum Gasteiger partial charge on any atom is -0.480 e. The van der Waals surface area contributed by atoms with Crippen LogP contribution in [0.1, 0.15) is 80.1 Å². The third-order valence-corrected chi connectivity index (χ3v) is 6.67. The number of nitrogens with two attached hydrogens (primary N) is 2. The highest BCUT2D eigenvalue weighted by molar-refractivity contribution is 5.94. The first-order valence-electron chi connectivity index (χ1n) is 12.5. The van der Waals surface area contributed by atoms with Crippen molar-refractivity contribution in [1.82, 2.24) is 16.0 Å². The molecule has 0 spiro atoms. The first kappa shape index (κ1) is 31.8. The summed E-state index contributed by atoms with van der Waals surface area (Å²) in [7, 11) is 0. The molecule has 0 fully saturated rings. The van der Waals surface area contributed by atoms with Crippen LogP contribution in [0.2, 0.25) is 0 Å². The highest BCUT2D eigenvalue weighted by Gasteiger charge is 2.35. The number of hydrogen-bond acceptors (Lipinski definition) is 6. The summed E-state index contributed by atoms with van der Waals surface area (Å²) in [4.78, 5) is 50.6. The fourth-order valence-electron chi connectivity index (χ4n) is 3.47. The van der Waals surface area contributed by atoms with E-state index in [1.165, 1.54) is 0 Å². The standard InChI is InChI=1S/C24H47N5O5/c1-7-14(4)18(27-21(30)17(26)12-10-11-13-25)22(31)28-19(15(5)8-2)23(32)29-20(24(33)34)16(6)9-3/h14-20H,7-13,25-26H2,1-6H3,(H,27,30)(H,28,31)(H,29,32)(H,33,34). The molecule has 7 unspecified atom stereocenters. The van der Waals surface area contributed by atoms with Crippen LogP contribution in [0, 0.1) is 17.8 Å². The van der Waals surface area contributed by atoms with Crippen molar-refractivity contribution in [3.63, 3.8) is 0 Å². The zero-order chi connectivity index (χ0) is 26.4. The summed E-state index contributed by atoms with van der Waals surface area (Å²) in [5.41, 5.74) is 11.5. The Bertz CT molecular complexity index is 660. The van der Waals surface area contributed by atoms with Crippen LogP contribution >= 0.6 is 0 Å². The zero-order valence-electron chi connectivity index (χ0n) is 21.7. The summed E-state index contributed by atoms with van der Waals surface area (Å²) in [6.45, 7) is 11.6. The van der Waals surface area contributed by atoms with Gasteiger partial charge in [-0.15, -0.1) is 0 Å². The van der Waals surface area contributed by atoms with Crippen LogP contribution < -0.4 is 27.4 Å². The largest absolute Gasteiger partial charge is 0.480 e. The SMILES string of the molecule is CCC(C)C(NC(=O)C(NC(=O)C(NC(=O)C(N)CCCCN)C(C)CC)C(C)CC)C(=O)O.